The molecule has 0 amide bonds. The fourth-order valence-electron chi connectivity index (χ4n) is 3.47. The van der Waals surface area contributed by atoms with Gasteiger partial charge < -0.3 is 4.74 Å². The van der Waals surface area contributed by atoms with Crippen LogP contribution in [0.25, 0.3) is 0 Å². The molecule has 0 aliphatic carbocycles. The SMILES string of the molecule is Brc1ccc(C2=NN3C(C2)c2ccccc2OC3c2cccs2)cc1. The fraction of sp³-hybridized carbons (Fsp3) is 0.150. The lowest BCUT2D eigenvalue weighted by atomic mass is 9.96. The second-order valence-corrected chi connectivity index (χ2v) is 8.07. The molecule has 3 aromatic rings. The average Bonchev–Trinajstić information content (AvgIpc) is 3.32. The Kier molecular flexibility index (Phi) is 3.64. The van der Waals surface area contributed by atoms with E-state index in [4.69, 9.17) is 9.84 Å². The maximum Gasteiger partial charge on any atom is 0.222 e. The predicted molar refractivity (Wildman–Crippen MR) is 104 cm³/mol. The molecule has 2 atom stereocenters. The summed E-state index contributed by atoms with van der Waals surface area (Å²) in [5.74, 6) is 0.967. The van der Waals surface area contributed by atoms with E-state index in [1.807, 2.05) is 6.07 Å². The number of nitrogens with zero attached hydrogens (tertiary/aromatic N) is 2. The van der Waals surface area contributed by atoms with Crippen molar-refractivity contribution in [1.29, 1.82) is 0 Å². The Morgan fingerprint density at radius 2 is 1.88 bits per heavy atom. The maximum atomic E-state index is 6.32. The highest BCUT2D eigenvalue weighted by atomic mass is 79.9. The molecule has 0 fully saturated rings. The van der Waals surface area contributed by atoms with Crippen LogP contribution in [0.3, 0.4) is 0 Å². The first kappa shape index (κ1) is 15.2. The number of para-hydroxylation sites is 1. The highest BCUT2D eigenvalue weighted by Crippen LogP contribution is 2.48. The number of hydrogen-bond acceptors (Lipinski definition) is 4. The first-order valence-corrected chi connectivity index (χ1v) is 9.87. The molecule has 2 aliphatic heterocycles. The van der Waals surface area contributed by atoms with Crippen molar-refractivity contribution in [3.8, 4) is 5.75 Å². The summed E-state index contributed by atoms with van der Waals surface area (Å²) in [4.78, 5) is 1.18. The number of benzene rings is 2. The number of ether oxygens (including phenoxy) is 1. The predicted octanol–water partition coefficient (Wildman–Crippen LogP) is 5.75. The third kappa shape index (κ3) is 2.58. The normalized spacial score (nSPS) is 21.3. The van der Waals surface area contributed by atoms with Crippen LogP contribution in [0.15, 0.2) is 75.6 Å². The molecule has 0 saturated carbocycles. The van der Waals surface area contributed by atoms with Crippen LogP contribution in [0, 0.1) is 0 Å². The van der Waals surface area contributed by atoms with Crippen molar-refractivity contribution in [3.63, 3.8) is 0 Å². The topological polar surface area (TPSA) is 24.8 Å². The number of hydrazone groups is 1. The molecule has 2 aromatic carbocycles. The lowest BCUT2D eigenvalue weighted by Gasteiger charge is -2.37. The van der Waals surface area contributed by atoms with Gasteiger partial charge in [-0.25, -0.2) is 5.01 Å². The van der Waals surface area contributed by atoms with Gasteiger partial charge in [-0.1, -0.05) is 52.3 Å². The summed E-state index contributed by atoms with van der Waals surface area (Å²) >= 11 is 5.21. The highest BCUT2D eigenvalue weighted by molar-refractivity contribution is 9.10. The minimum absolute atomic E-state index is 0.159. The van der Waals surface area contributed by atoms with E-state index in [9.17, 15) is 0 Å². The third-order valence-corrected chi connectivity index (χ3v) is 6.09. The molecule has 2 unspecified atom stereocenters. The van der Waals surface area contributed by atoms with Crippen LogP contribution in [0.1, 0.15) is 34.7 Å². The van der Waals surface area contributed by atoms with Crippen molar-refractivity contribution in [2.45, 2.75) is 18.7 Å². The molecule has 3 heterocycles. The van der Waals surface area contributed by atoms with Crippen LogP contribution in [-0.4, -0.2) is 10.7 Å². The van der Waals surface area contributed by atoms with E-state index in [1.165, 1.54) is 16.0 Å². The second kappa shape index (κ2) is 6.00. The molecule has 0 spiro atoms. The number of fused-ring (bicyclic) bond motifs is 3. The molecule has 25 heavy (non-hydrogen) atoms. The van der Waals surface area contributed by atoms with Crippen LogP contribution in [0.5, 0.6) is 5.75 Å². The van der Waals surface area contributed by atoms with E-state index < -0.39 is 0 Å². The summed E-state index contributed by atoms with van der Waals surface area (Å²) in [7, 11) is 0. The zero-order valence-electron chi connectivity index (χ0n) is 13.3. The lowest BCUT2D eigenvalue weighted by molar-refractivity contribution is -0.0165. The van der Waals surface area contributed by atoms with Gasteiger partial charge in [0.25, 0.3) is 0 Å². The largest absolute Gasteiger partial charge is 0.464 e. The summed E-state index contributed by atoms with van der Waals surface area (Å²) in [5.41, 5.74) is 3.49. The molecule has 1 aromatic heterocycles. The molecule has 0 radical (unpaired) electrons. The van der Waals surface area contributed by atoms with E-state index in [1.54, 1.807) is 11.3 Å². The van der Waals surface area contributed by atoms with Gasteiger partial charge in [0.15, 0.2) is 0 Å². The molecule has 0 N–H and O–H groups in total. The Morgan fingerprint density at radius 1 is 1.04 bits per heavy atom. The summed E-state index contributed by atoms with van der Waals surface area (Å²) < 4.78 is 7.40. The van der Waals surface area contributed by atoms with Gasteiger partial charge in [-0.05, 0) is 35.2 Å². The molecular weight excluding hydrogens is 396 g/mol. The maximum absolute atomic E-state index is 6.32. The summed E-state index contributed by atoms with van der Waals surface area (Å²) in [6.45, 7) is 0. The zero-order valence-corrected chi connectivity index (χ0v) is 15.7. The van der Waals surface area contributed by atoms with Gasteiger partial charge in [0, 0.05) is 16.5 Å². The number of rotatable bonds is 2. The van der Waals surface area contributed by atoms with E-state index in [2.05, 4.69) is 80.9 Å². The third-order valence-electron chi connectivity index (χ3n) is 4.66. The van der Waals surface area contributed by atoms with Gasteiger partial charge in [0.1, 0.15) is 5.75 Å². The van der Waals surface area contributed by atoms with Crippen molar-refractivity contribution >= 4 is 33.0 Å². The van der Waals surface area contributed by atoms with Crippen molar-refractivity contribution < 1.29 is 4.74 Å². The van der Waals surface area contributed by atoms with Gasteiger partial charge >= 0.3 is 0 Å². The highest BCUT2D eigenvalue weighted by Gasteiger charge is 2.41. The Bertz CT molecular complexity index is 937. The van der Waals surface area contributed by atoms with Crippen LogP contribution in [0.4, 0.5) is 0 Å². The quantitative estimate of drug-likeness (QED) is 0.536. The van der Waals surface area contributed by atoms with Crippen molar-refractivity contribution in [2.24, 2.45) is 5.10 Å². The van der Waals surface area contributed by atoms with E-state index >= 15 is 0 Å². The first-order valence-electron chi connectivity index (χ1n) is 8.20. The molecule has 5 rings (SSSR count). The van der Waals surface area contributed by atoms with Gasteiger partial charge in [-0.3, -0.25) is 0 Å². The van der Waals surface area contributed by atoms with Gasteiger partial charge in [-0.2, -0.15) is 5.10 Å². The minimum atomic E-state index is -0.159. The van der Waals surface area contributed by atoms with Crippen molar-refractivity contribution in [2.75, 3.05) is 0 Å². The van der Waals surface area contributed by atoms with Gasteiger partial charge in [0.05, 0.1) is 16.6 Å². The average molecular weight is 411 g/mol. The van der Waals surface area contributed by atoms with Crippen LogP contribution < -0.4 is 4.74 Å². The first-order chi connectivity index (χ1) is 12.3. The number of thiophene rings is 1. The van der Waals surface area contributed by atoms with Gasteiger partial charge in [0.2, 0.25) is 6.23 Å². The Morgan fingerprint density at radius 3 is 2.68 bits per heavy atom. The Balaban J connectivity index is 1.59. The van der Waals surface area contributed by atoms with E-state index in [0.717, 1.165) is 22.4 Å². The fourth-order valence-corrected chi connectivity index (χ4v) is 4.48. The molecule has 2 aliphatic rings. The summed E-state index contributed by atoms with van der Waals surface area (Å²) in [6, 6.07) is 21.1. The molecular formula is C20H15BrN2OS. The van der Waals surface area contributed by atoms with Crippen molar-refractivity contribution in [1.82, 2.24) is 5.01 Å². The number of hydrogen-bond donors (Lipinski definition) is 0. The second-order valence-electron chi connectivity index (χ2n) is 6.18. The summed E-state index contributed by atoms with van der Waals surface area (Å²) in [5, 5.41) is 9.18. The van der Waals surface area contributed by atoms with Crippen molar-refractivity contribution in [3.05, 3.63) is 86.5 Å². The number of halogens is 1. The monoisotopic (exact) mass is 410 g/mol. The Hall–Kier alpha value is -2.11. The molecule has 0 bridgehead atoms. The summed E-state index contributed by atoms with van der Waals surface area (Å²) in [6.07, 6.45) is 0.733. The van der Waals surface area contributed by atoms with Crippen LogP contribution in [0.2, 0.25) is 0 Å². The zero-order chi connectivity index (χ0) is 16.8. The van der Waals surface area contributed by atoms with E-state index in [0.29, 0.717) is 0 Å². The smallest absolute Gasteiger partial charge is 0.222 e. The van der Waals surface area contributed by atoms with Crippen LogP contribution >= 0.6 is 27.3 Å². The van der Waals surface area contributed by atoms with Crippen LogP contribution in [-0.2, 0) is 0 Å². The van der Waals surface area contributed by atoms with Gasteiger partial charge in [-0.15, -0.1) is 11.3 Å². The lowest BCUT2D eigenvalue weighted by Crippen LogP contribution is -2.33. The van der Waals surface area contributed by atoms with E-state index in [-0.39, 0.29) is 12.3 Å². The Labute approximate surface area is 158 Å². The minimum Gasteiger partial charge on any atom is -0.464 e. The standard InChI is InChI=1S/C20H15BrN2OS/c21-14-9-7-13(8-10-14)16-12-17-15-4-1-2-5-18(15)24-20(23(17)22-16)19-6-3-11-25-19/h1-11,17,20H,12H2. The molecule has 0 saturated heterocycles. The molecule has 124 valence electrons. The molecule has 5 heteroatoms. The molecule has 3 nitrogen and oxygen atoms in total.